The van der Waals surface area contributed by atoms with Crippen molar-refractivity contribution in [2.75, 3.05) is 13.7 Å². The van der Waals surface area contributed by atoms with Crippen LogP contribution in [0.5, 0.6) is 0 Å². The molecule has 1 N–H and O–H groups in total. The number of hydrogen-bond donors (Lipinski definition) is 1. The summed E-state index contributed by atoms with van der Waals surface area (Å²) in [5.41, 5.74) is 1.14. The number of rotatable bonds is 6. The van der Waals surface area contributed by atoms with Crippen LogP contribution in [0.1, 0.15) is 61.0 Å². The molecule has 3 nitrogen and oxygen atoms in total. The summed E-state index contributed by atoms with van der Waals surface area (Å²) >= 11 is 1.89. The highest BCUT2D eigenvalue weighted by atomic mass is 32.1. The number of methoxy groups -OCH3 is 1. The maximum atomic E-state index is 5.28. The first-order valence-corrected chi connectivity index (χ1v) is 8.24. The number of nitrogens with zero attached hydrogens (tertiary/aromatic N) is 1. The minimum atomic E-state index is 0.639. The second-order valence-corrected chi connectivity index (χ2v) is 6.71. The maximum absolute atomic E-state index is 5.28. The van der Waals surface area contributed by atoms with Gasteiger partial charge in [-0.3, -0.25) is 0 Å². The van der Waals surface area contributed by atoms with Crippen LogP contribution < -0.4 is 5.32 Å². The van der Waals surface area contributed by atoms with Crippen LogP contribution >= 0.6 is 11.3 Å². The van der Waals surface area contributed by atoms with Gasteiger partial charge in [0.2, 0.25) is 0 Å². The van der Waals surface area contributed by atoms with Crippen molar-refractivity contribution in [1.82, 2.24) is 10.3 Å². The highest BCUT2D eigenvalue weighted by Crippen LogP contribution is 2.38. The molecule has 1 aromatic rings. The highest BCUT2D eigenvalue weighted by Gasteiger charge is 2.23. The molecule has 1 aromatic heterocycles. The molecule has 0 bridgehead atoms. The Hall–Kier alpha value is -0.450. The first-order chi connectivity index (χ1) is 9.24. The molecular formula is C15H26N2OS. The zero-order valence-corrected chi connectivity index (χ0v) is 13.2. The highest BCUT2D eigenvalue weighted by molar-refractivity contribution is 7.11. The van der Waals surface area contributed by atoms with Gasteiger partial charge in [0.05, 0.1) is 17.3 Å². The summed E-state index contributed by atoms with van der Waals surface area (Å²) in [6.07, 6.45) is 5.32. The van der Waals surface area contributed by atoms with Gasteiger partial charge in [0.25, 0.3) is 0 Å². The van der Waals surface area contributed by atoms with E-state index in [4.69, 9.17) is 9.72 Å². The van der Waals surface area contributed by atoms with Crippen LogP contribution in [-0.2, 0) is 17.9 Å². The zero-order valence-electron chi connectivity index (χ0n) is 12.4. The SMILES string of the molecule is CCNCc1sc(C2CCC(C)CC2)nc1COC. The van der Waals surface area contributed by atoms with Crippen molar-refractivity contribution in [3.05, 3.63) is 15.6 Å². The number of hydrogen-bond acceptors (Lipinski definition) is 4. The number of nitrogens with one attached hydrogen (secondary N) is 1. The molecule has 4 heteroatoms. The fourth-order valence-corrected chi connectivity index (χ4v) is 3.92. The van der Waals surface area contributed by atoms with E-state index in [1.807, 2.05) is 11.3 Å². The Morgan fingerprint density at radius 3 is 2.68 bits per heavy atom. The van der Waals surface area contributed by atoms with E-state index in [2.05, 4.69) is 19.2 Å². The van der Waals surface area contributed by atoms with E-state index in [1.54, 1.807) is 7.11 Å². The van der Waals surface area contributed by atoms with Gasteiger partial charge in [-0.2, -0.15) is 0 Å². The predicted molar refractivity (Wildman–Crippen MR) is 80.6 cm³/mol. The third-order valence-corrected chi connectivity index (χ3v) is 5.24. The molecule has 1 aliphatic rings. The largest absolute Gasteiger partial charge is 0.378 e. The lowest BCUT2D eigenvalue weighted by atomic mass is 9.83. The maximum Gasteiger partial charge on any atom is 0.0963 e. The van der Waals surface area contributed by atoms with Crippen molar-refractivity contribution in [2.24, 2.45) is 5.92 Å². The quantitative estimate of drug-likeness (QED) is 0.864. The summed E-state index contributed by atoms with van der Waals surface area (Å²) in [6.45, 7) is 7.07. The molecule has 0 unspecified atom stereocenters. The van der Waals surface area contributed by atoms with E-state index in [0.717, 1.165) is 24.7 Å². The third kappa shape index (κ3) is 4.01. The summed E-state index contributed by atoms with van der Waals surface area (Å²) in [5, 5.41) is 4.74. The van der Waals surface area contributed by atoms with E-state index in [9.17, 15) is 0 Å². The smallest absolute Gasteiger partial charge is 0.0963 e. The molecule has 0 atom stereocenters. The fourth-order valence-electron chi connectivity index (χ4n) is 2.71. The minimum Gasteiger partial charge on any atom is -0.378 e. The van der Waals surface area contributed by atoms with Gasteiger partial charge < -0.3 is 10.1 Å². The van der Waals surface area contributed by atoms with Crippen LogP contribution in [0, 0.1) is 5.92 Å². The fraction of sp³-hybridized carbons (Fsp3) is 0.800. The van der Waals surface area contributed by atoms with Gasteiger partial charge in [0.15, 0.2) is 0 Å². The monoisotopic (exact) mass is 282 g/mol. The van der Waals surface area contributed by atoms with Crippen molar-refractivity contribution >= 4 is 11.3 Å². The lowest BCUT2D eigenvalue weighted by molar-refractivity contribution is 0.181. The summed E-state index contributed by atoms with van der Waals surface area (Å²) in [5.74, 6) is 1.59. The van der Waals surface area contributed by atoms with E-state index >= 15 is 0 Å². The van der Waals surface area contributed by atoms with Crippen LogP contribution in [0.2, 0.25) is 0 Å². The summed E-state index contributed by atoms with van der Waals surface area (Å²) < 4.78 is 5.28. The topological polar surface area (TPSA) is 34.2 Å². The van der Waals surface area contributed by atoms with E-state index in [0.29, 0.717) is 12.5 Å². The van der Waals surface area contributed by atoms with Crippen LogP contribution in [0.3, 0.4) is 0 Å². The molecule has 2 rings (SSSR count). The molecule has 0 aliphatic heterocycles. The van der Waals surface area contributed by atoms with Crippen LogP contribution in [0.15, 0.2) is 0 Å². The van der Waals surface area contributed by atoms with Gasteiger partial charge in [-0.25, -0.2) is 4.98 Å². The second-order valence-electron chi connectivity index (χ2n) is 5.59. The third-order valence-electron chi connectivity index (χ3n) is 3.98. The summed E-state index contributed by atoms with van der Waals surface area (Å²) in [4.78, 5) is 6.21. The first-order valence-electron chi connectivity index (χ1n) is 7.42. The van der Waals surface area contributed by atoms with Crippen molar-refractivity contribution in [1.29, 1.82) is 0 Å². The predicted octanol–water partition coefficient (Wildman–Crippen LogP) is 3.69. The molecule has 0 spiro atoms. The number of aromatic nitrogens is 1. The second kappa shape index (κ2) is 7.36. The molecule has 0 amide bonds. The molecular weight excluding hydrogens is 256 g/mol. The molecule has 19 heavy (non-hydrogen) atoms. The van der Waals surface area contributed by atoms with Crippen molar-refractivity contribution in [3.63, 3.8) is 0 Å². The van der Waals surface area contributed by atoms with Gasteiger partial charge in [-0.05, 0) is 25.3 Å². The normalized spacial score (nSPS) is 23.7. The number of ether oxygens (including phenoxy) is 1. The van der Waals surface area contributed by atoms with Gasteiger partial charge in [0.1, 0.15) is 0 Å². The van der Waals surface area contributed by atoms with Gasteiger partial charge in [-0.15, -0.1) is 11.3 Å². The molecule has 0 aromatic carbocycles. The number of thiazole rings is 1. The van der Waals surface area contributed by atoms with Crippen LogP contribution in [0.4, 0.5) is 0 Å². The standard InChI is InChI=1S/C15H26N2OS/c1-4-16-9-14-13(10-18-3)17-15(19-14)12-7-5-11(2)6-8-12/h11-12,16H,4-10H2,1-3H3. The Bertz CT molecular complexity index is 383. The zero-order chi connectivity index (χ0) is 13.7. The average Bonchev–Trinajstić information content (AvgIpc) is 2.81. The average molecular weight is 282 g/mol. The Kier molecular flexibility index (Phi) is 5.79. The van der Waals surface area contributed by atoms with Gasteiger partial charge in [0, 0.05) is 24.4 Å². The molecule has 1 fully saturated rings. The van der Waals surface area contributed by atoms with E-state index in [1.165, 1.54) is 35.6 Å². The summed E-state index contributed by atoms with van der Waals surface area (Å²) in [6, 6.07) is 0. The van der Waals surface area contributed by atoms with Crippen LogP contribution in [-0.4, -0.2) is 18.6 Å². The van der Waals surface area contributed by atoms with Gasteiger partial charge in [-0.1, -0.05) is 26.7 Å². The Morgan fingerprint density at radius 1 is 1.32 bits per heavy atom. The molecule has 0 radical (unpaired) electrons. The molecule has 0 saturated heterocycles. The molecule has 1 heterocycles. The summed E-state index contributed by atoms with van der Waals surface area (Å²) in [7, 11) is 1.75. The molecule has 1 saturated carbocycles. The Labute approximate surface area is 120 Å². The van der Waals surface area contributed by atoms with Crippen molar-refractivity contribution in [3.8, 4) is 0 Å². The van der Waals surface area contributed by atoms with E-state index in [-0.39, 0.29) is 0 Å². The van der Waals surface area contributed by atoms with Gasteiger partial charge >= 0.3 is 0 Å². The van der Waals surface area contributed by atoms with Crippen molar-refractivity contribution < 1.29 is 4.74 Å². The van der Waals surface area contributed by atoms with E-state index < -0.39 is 0 Å². The van der Waals surface area contributed by atoms with Crippen LogP contribution in [0.25, 0.3) is 0 Å². The Balaban J connectivity index is 2.07. The Morgan fingerprint density at radius 2 is 2.05 bits per heavy atom. The minimum absolute atomic E-state index is 0.639. The molecule has 1 aliphatic carbocycles. The van der Waals surface area contributed by atoms with Crippen molar-refractivity contribution in [2.45, 2.75) is 58.6 Å². The lowest BCUT2D eigenvalue weighted by Gasteiger charge is -2.24. The lowest BCUT2D eigenvalue weighted by Crippen LogP contribution is -2.12. The molecule has 108 valence electrons. The first kappa shape index (κ1) is 14.9.